The standard InChI is InChI=1S/C12H13FN2O5/c1-7-2-8(13)4-9(3-7)14-12(20)15(5-10(16)17)6-11(18)19/h2-4H,5-6H2,1H3,(H,14,20)(H,16,17)(H,18,19). The van der Waals surface area contributed by atoms with Crippen LogP contribution in [0.2, 0.25) is 0 Å². The quantitative estimate of drug-likeness (QED) is 0.751. The Kier molecular flexibility index (Phi) is 5.01. The number of rotatable bonds is 5. The van der Waals surface area contributed by atoms with Crippen molar-refractivity contribution in [3.8, 4) is 0 Å². The lowest BCUT2D eigenvalue weighted by Gasteiger charge is -2.19. The number of hydrogen-bond donors (Lipinski definition) is 3. The number of carboxylic acid groups (broad SMARTS) is 2. The van der Waals surface area contributed by atoms with Gasteiger partial charge in [0.15, 0.2) is 0 Å². The third-order valence-corrected chi connectivity index (χ3v) is 2.23. The molecular formula is C12H13FN2O5. The summed E-state index contributed by atoms with van der Waals surface area (Å²) in [6, 6.07) is 2.84. The van der Waals surface area contributed by atoms with Crippen LogP contribution in [-0.4, -0.2) is 46.2 Å². The number of amides is 2. The van der Waals surface area contributed by atoms with Crippen molar-refractivity contribution in [2.75, 3.05) is 18.4 Å². The van der Waals surface area contributed by atoms with Crippen molar-refractivity contribution in [2.24, 2.45) is 0 Å². The van der Waals surface area contributed by atoms with E-state index in [1.54, 1.807) is 6.92 Å². The zero-order valence-corrected chi connectivity index (χ0v) is 10.6. The Labute approximate surface area is 113 Å². The van der Waals surface area contributed by atoms with E-state index in [2.05, 4.69) is 5.32 Å². The van der Waals surface area contributed by atoms with Crippen LogP contribution in [0.5, 0.6) is 0 Å². The van der Waals surface area contributed by atoms with E-state index in [9.17, 15) is 18.8 Å². The molecule has 0 radical (unpaired) electrons. The van der Waals surface area contributed by atoms with Crippen molar-refractivity contribution < 1.29 is 29.0 Å². The van der Waals surface area contributed by atoms with Gasteiger partial charge in [-0.3, -0.25) is 9.59 Å². The van der Waals surface area contributed by atoms with E-state index < -0.39 is 36.9 Å². The maximum absolute atomic E-state index is 13.1. The number of halogens is 1. The highest BCUT2D eigenvalue weighted by molar-refractivity contribution is 5.93. The number of nitrogens with one attached hydrogen (secondary N) is 1. The number of nitrogens with zero attached hydrogens (tertiary/aromatic N) is 1. The molecule has 1 aromatic rings. The van der Waals surface area contributed by atoms with Crippen molar-refractivity contribution in [1.29, 1.82) is 0 Å². The molecule has 0 saturated heterocycles. The number of aryl methyl sites for hydroxylation is 1. The van der Waals surface area contributed by atoms with Gasteiger partial charge < -0.3 is 20.4 Å². The van der Waals surface area contributed by atoms with Crippen LogP contribution in [0.1, 0.15) is 5.56 Å². The molecule has 0 atom stereocenters. The minimum absolute atomic E-state index is 0.119. The van der Waals surface area contributed by atoms with Crippen molar-refractivity contribution in [1.82, 2.24) is 4.90 Å². The highest BCUT2D eigenvalue weighted by Gasteiger charge is 2.19. The molecule has 2 amide bonds. The smallest absolute Gasteiger partial charge is 0.323 e. The van der Waals surface area contributed by atoms with E-state index in [1.165, 1.54) is 12.1 Å². The van der Waals surface area contributed by atoms with Crippen LogP contribution >= 0.6 is 0 Å². The number of benzene rings is 1. The van der Waals surface area contributed by atoms with Crippen molar-refractivity contribution >= 4 is 23.7 Å². The maximum Gasteiger partial charge on any atom is 0.323 e. The first-order valence-corrected chi connectivity index (χ1v) is 5.54. The normalized spacial score (nSPS) is 9.90. The van der Waals surface area contributed by atoms with Crippen LogP contribution < -0.4 is 5.32 Å². The summed E-state index contributed by atoms with van der Waals surface area (Å²) in [5.74, 6) is -3.27. The number of carbonyl (C=O) groups excluding carboxylic acids is 1. The minimum Gasteiger partial charge on any atom is -0.480 e. The first-order valence-electron chi connectivity index (χ1n) is 5.54. The summed E-state index contributed by atoms with van der Waals surface area (Å²) in [6.45, 7) is 0.0733. The summed E-state index contributed by atoms with van der Waals surface area (Å²) in [6.07, 6.45) is 0. The maximum atomic E-state index is 13.1. The second kappa shape index (κ2) is 6.50. The summed E-state index contributed by atoms with van der Waals surface area (Å²) in [4.78, 5) is 33.5. The average Bonchev–Trinajstić information content (AvgIpc) is 2.24. The second-order valence-corrected chi connectivity index (χ2v) is 4.09. The SMILES string of the molecule is Cc1cc(F)cc(NC(=O)N(CC(=O)O)CC(=O)O)c1. The molecule has 0 fully saturated rings. The molecule has 108 valence electrons. The largest absolute Gasteiger partial charge is 0.480 e. The van der Waals surface area contributed by atoms with Gasteiger partial charge in [0.25, 0.3) is 0 Å². The molecule has 0 aliphatic carbocycles. The molecule has 0 heterocycles. The summed E-state index contributed by atoms with van der Waals surface area (Å²) in [5, 5.41) is 19.5. The van der Waals surface area contributed by atoms with Crippen LogP contribution in [0.25, 0.3) is 0 Å². The summed E-state index contributed by atoms with van der Waals surface area (Å²) >= 11 is 0. The predicted molar refractivity (Wildman–Crippen MR) is 67.0 cm³/mol. The Hall–Kier alpha value is -2.64. The lowest BCUT2D eigenvalue weighted by atomic mass is 10.2. The van der Waals surface area contributed by atoms with Gasteiger partial charge in [0.1, 0.15) is 18.9 Å². The predicted octanol–water partition coefficient (Wildman–Crippen LogP) is 1.14. The van der Waals surface area contributed by atoms with E-state index in [1.807, 2.05) is 0 Å². The Morgan fingerprint density at radius 2 is 1.70 bits per heavy atom. The van der Waals surface area contributed by atoms with Crippen molar-refractivity contribution in [3.63, 3.8) is 0 Å². The number of aliphatic carboxylic acids is 2. The van der Waals surface area contributed by atoms with E-state index >= 15 is 0 Å². The van der Waals surface area contributed by atoms with Crippen LogP contribution in [-0.2, 0) is 9.59 Å². The van der Waals surface area contributed by atoms with E-state index in [-0.39, 0.29) is 5.69 Å². The first kappa shape index (κ1) is 15.4. The van der Waals surface area contributed by atoms with Gasteiger partial charge in [-0.25, -0.2) is 9.18 Å². The van der Waals surface area contributed by atoms with Gasteiger partial charge in [0, 0.05) is 5.69 Å². The number of carbonyl (C=O) groups is 3. The number of anilines is 1. The molecule has 0 bridgehead atoms. The highest BCUT2D eigenvalue weighted by Crippen LogP contribution is 2.13. The monoisotopic (exact) mass is 284 g/mol. The third-order valence-electron chi connectivity index (χ3n) is 2.23. The molecule has 0 aliphatic heterocycles. The van der Waals surface area contributed by atoms with Gasteiger partial charge in [-0.2, -0.15) is 0 Å². The lowest BCUT2D eigenvalue weighted by Crippen LogP contribution is -2.41. The van der Waals surface area contributed by atoms with E-state index in [0.717, 1.165) is 6.07 Å². The topological polar surface area (TPSA) is 107 Å². The van der Waals surface area contributed by atoms with E-state index in [4.69, 9.17) is 10.2 Å². The van der Waals surface area contributed by atoms with Gasteiger partial charge in [0.05, 0.1) is 0 Å². The molecule has 1 rings (SSSR count). The number of hydrogen-bond acceptors (Lipinski definition) is 3. The minimum atomic E-state index is -1.35. The fraction of sp³-hybridized carbons (Fsp3) is 0.250. The molecule has 20 heavy (non-hydrogen) atoms. The van der Waals surface area contributed by atoms with Gasteiger partial charge in [-0.05, 0) is 30.7 Å². The van der Waals surface area contributed by atoms with Gasteiger partial charge in [-0.15, -0.1) is 0 Å². The summed E-state index contributed by atoms with van der Waals surface area (Å²) in [7, 11) is 0. The molecule has 3 N–H and O–H groups in total. The van der Waals surface area contributed by atoms with Crippen LogP contribution in [0.15, 0.2) is 18.2 Å². The molecule has 1 aromatic carbocycles. The molecule has 0 aromatic heterocycles. The third kappa shape index (κ3) is 4.92. The van der Waals surface area contributed by atoms with Crippen molar-refractivity contribution in [2.45, 2.75) is 6.92 Å². The molecule has 7 nitrogen and oxygen atoms in total. The van der Waals surface area contributed by atoms with Crippen LogP contribution in [0, 0.1) is 12.7 Å². The Bertz CT molecular complexity index is 510. The second-order valence-electron chi connectivity index (χ2n) is 4.09. The molecular weight excluding hydrogens is 271 g/mol. The summed E-state index contributed by atoms with van der Waals surface area (Å²) in [5.41, 5.74) is 0.677. The zero-order valence-electron chi connectivity index (χ0n) is 10.6. The first-order chi connectivity index (χ1) is 9.27. The average molecular weight is 284 g/mol. The van der Waals surface area contributed by atoms with Gasteiger partial charge in [0.2, 0.25) is 0 Å². The fourth-order valence-corrected chi connectivity index (χ4v) is 1.54. The highest BCUT2D eigenvalue weighted by atomic mass is 19.1. The van der Waals surface area contributed by atoms with Crippen LogP contribution in [0.4, 0.5) is 14.9 Å². The van der Waals surface area contributed by atoms with Crippen LogP contribution in [0.3, 0.4) is 0 Å². The molecule has 0 unspecified atom stereocenters. The van der Waals surface area contributed by atoms with Gasteiger partial charge >= 0.3 is 18.0 Å². The fourth-order valence-electron chi connectivity index (χ4n) is 1.54. The number of urea groups is 1. The molecule has 0 saturated carbocycles. The number of carboxylic acids is 2. The van der Waals surface area contributed by atoms with E-state index in [0.29, 0.717) is 10.5 Å². The Balaban J connectivity index is 2.83. The van der Waals surface area contributed by atoms with Gasteiger partial charge in [-0.1, -0.05) is 0 Å². The molecule has 0 aliphatic rings. The molecule has 8 heteroatoms. The zero-order chi connectivity index (χ0) is 15.3. The molecule has 0 spiro atoms. The lowest BCUT2D eigenvalue weighted by molar-refractivity contribution is -0.140. The van der Waals surface area contributed by atoms with Crippen molar-refractivity contribution in [3.05, 3.63) is 29.6 Å². The summed E-state index contributed by atoms with van der Waals surface area (Å²) < 4.78 is 13.1. The Morgan fingerprint density at radius 1 is 1.15 bits per heavy atom. The Morgan fingerprint density at radius 3 is 2.15 bits per heavy atom.